The van der Waals surface area contributed by atoms with Crippen LogP contribution in [0.25, 0.3) is 0 Å². The fraction of sp³-hybridized carbons (Fsp3) is 0.560. The Labute approximate surface area is 184 Å². The Kier molecular flexibility index (Phi) is 8.39. The van der Waals surface area contributed by atoms with E-state index >= 15 is 0 Å². The van der Waals surface area contributed by atoms with E-state index in [0.29, 0.717) is 23.4 Å². The van der Waals surface area contributed by atoms with Crippen molar-refractivity contribution in [3.63, 3.8) is 0 Å². The summed E-state index contributed by atoms with van der Waals surface area (Å²) in [6.07, 6.45) is 6.60. The Balaban J connectivity index is 1.98. The van der Waals surface area contributed by atoms with Gasteiger partial charge in [-0.25, -0.2) is 4.79 Å². The standard InChI is InChI=1S/C25H32N2O4/c1-17-22(25(28)30-14-13-29-3)23(20-10-8-9-19(15-20)16-26)24(18(2)27-17)31-21-11-6-4-5-7-12-21/h8-10,15,21,23-24H,4-7,11-14H2,1-3H3. The Morgan fingerprint density at radius 3 is 2.58 bits per heavy atom. The molecule has 6 nitrogen and oxygen atoms in total. The van der Waals surface area contributed by atoms with Gasteiger partial charge in [-0.3, -0.25) is 4.99 Å². The van der Waals surface area contributed by atoms with Gasteiger partial charge < -0.3 is 14.2 Å². The molecule has 6 heteroatoms. The summed E-state index contributed by atoms with van der Waals surface area (Å²) in [6.45, 7) is 4.29. The summed E-state index contributed by atoms with van der Waals surface area (Å²) >= 11 is 0. The third-order valence-electron chi connectivity index (χ3n) is 6.02. The molecule has 0 saturated heterocycles. The molecule has 31 heavy (non-hydrogen) atoms. The highest BCUT2D eigenvalue weighted by molar-refractivity contribution is 5.98. The van der Waals surface area contributed by atoms with Crippen molar-refractivity contribution in [2.75, 3.05) is 20.3 Å². The van der Waals surface area contributed by atoms with E-state index < -0.39 is 5.97 Å². The van der Waals surface area contributed by atoms with Crippen molar-refractivity contribution in [2.45, 2.75) is 70.5 Å². The maximum Gasteiger partial charge on any atom is 0.336 e. The molecule has 0 radical (unpaired) electrons. The van der Waals surface area contributed by atoms with Crippen LogP contribution in [0.15, 0.2) is 40.5 Å². The number of carbonyl (C=O) groups is 1. The Morgan fingerprint density at radius 2 is 1.90 bits per heavy atom. The SMILES string of the molecule is COCCOC(=O)C1=C(C)N=C(C)C(OC2CCCCCC2)C1c1cccc(C#N)c1. The third-order valence-corrected chi connectivity index (χ3v) is 6.02. The number of methoxy groups -OCH3 is 1. The molecule has 0 N–H and O–H groups in total. The van der Waals surface area contributed by atoms with Gasteiger partial charge in [0.2, 0.25) is 0 Å². The van der Waals surface area contributed by atoms with Crippen molar-refractivity contribution in [3.05, 3.63) is 46.7 Å². The zero-order valence-corrected chi connectivity index (χ0v) is 18.7. The van der Waals surface area contributed by atoms with Crippen molar-refractivity contribution < 1.29 is 19.0 Å². The van der Waals surface area contributed by atoms with Gasteiger partial charge in [0.15, 0.2) is 0 Å². The summed E-state index contributed by atoms with van der Waals surface area (Å²) in [5.74, 6) is -0.781. The van der Waals surface area contributed by atoms with Gasteiger partial charge in [0.1, 0.15) is 12.7 Å². The average Bonchev–Trinajstić information content (AvgIpc) is 3.04. The first-order chi connectivity index (χ1) is 15.0. The largest absolute Gasteiger partial charge is 0.460 e. The van der Waals surface area contributed by atoms with E-state index in [1.54, 1.807) is 13.2 Å². The number of aliphatic imine (C=N–C) groups is 1. The fourth-order valence-corrected chi connectivity index (χ4v) is 4.48. The number of hydrogen-bond donors (Lipinski definition) is 0. The Hall–Kier alpha value is -2.49. The first-order valence-electron chi connectivity index (χ1n) is 11.1. The van der Waals surface area contributed by atoms with Gasteiger partial charge in [-0.1, -0.05) is 37.8 Å². The van der Waals surface area contributed by atoms with Crippen molar-refractivity contribution in [1.29, 1.82) is 5.26 Å². The lowest BCUT2D eigenvalue weighted by Gasteiger charge is -2.35. The summed E-state index contributed by atoms with van der Waals surface area (Å²) in [5.41, 5.74) is 3.39. The highest BCUT2D eigenvalue weighted by Crippen LogP contribution is 2.39. The number of benzene rings is 1. The summed E-state index contributed by atoms with van der Waals surface area (Å²) < 4.78 is 17.1. The number of ether oxygens (including phenoxy) is 3. The second-order valence-corrected chi connectivity index (χ2v) is 8.27. The number of hydrogen-bond acceptors (Lipinski definition) is 6. The topological polar surface area (TPSA) is 80.9 Å². The fourth-order valence-electron chi connectivity index (χ4n) is 4.48. The minimum absolute atomic E-state index is 0.142. The molecule has 0 amide bonds. The highest BCUT2D eigenvalue weighted by Gasteiger charge is 2.39. The van der Waals surface area contributed by atoms with E-state index in [2.05, 4.69) is 11.1 Å². The molecule has 166 valence electrons. The molecule has 3 rings (SSSR count). The van der Waals surface area contributed by atoms with Gasteiger partial charge >= 0.3 is 5.97 Å². The lowest BCUT2D eigenvalue weighted by molar-refractivity contribution is -0.141. The average molecular weight is 425 g/mol. The van der Waals surface area contributed by atoms with Crippen LogP contribution in [-0.4, -0.2) is 44.2 Å². The maximum atomic E-state index is 13.1. The van der Waals surface area contributed by atoms with E-state index in [4.69, 9.17) is 14.2 Å². The lowest BCUT2D eigenvalue weighted by atomic mass is 9.81. The molecule has 1 aromatic rings. The summed E-state index contributed by atoms with van der Waals surface area (Å²) in [7, 11) is 1.57. The molecule has 2 unspecified atom stereocenters. The van der Waals surface area contributed by atoms with Crippen LogP contribution >= 0.6 is 0 Å². The Morgan fingerprint density at radius 1 is 1.16 bits per heavy atom. The summed E-state index contributed by atoms with van der Waals surface area (Å²) in [4.78, 5) is 17.8. The Bertz CT molecular complexity index is 876. The minimum atomic E-state index is -0.410. The van der Waals surface area contributed by atoms with E-state index in [0.717, 1.165) is 37.0 Å². The first-order valence-corrected chi connectivity index (χ1v) is 11.1. The van der Waals surface area contributed by atoms with Gasteiger partial charge in [-0.2, -0.15) is 5.26 Å². The molecule has 1 aliphatic carbocycles. The van der Waals surface area contributed by atoms with Crippen LogP contribution in [0.4, 0.5) is 0 Å². The van der Waals surface area contributed by atoms with E-state index in [1.165, 1.54) is 12.8 Å². The van der Waals surface area contributed by atoms with Crippen molar-refractivity contribution in [2.24, 2.45) is 4.99 Å². The molecule has 1 saturated carbocycles. The van der Waals surface area contributed by atoms with Gasteiger partial charge in [0.05, 0.1) is 29.9 Å². The smallest absolute Gasteiger partial charge is 0.336 e. The predicted octanol–water partition coefficient (Wildman–Crippen LogP) is 4.69. The third kappa shape index (κ3) is 5.81. The number of carbonyl (C=O) groups excluding carboxylic acids is 1. The van der Waals surface area contributed by atoms with Crippen LogP contribution in [0.1, 0.15) is 69.4 Å². The number of allylic oxidation sites excluding steroid dienone is 1. The molecule has 1 aliphatic heterocycles. The quantitative estimate of drug-likeness (QED) is 0.360. The second-order valence-electron chi connectivity index (χ2n) is 8.27. The van der Waals surface area contributed by atoms with Crippen molar-refractivity contribution >= 4 is 11.7 Å². The molecule has 0 spiro atoms. The van der Waals surface area contributed by atoms with Crippen molar-refractivity contribution in [1.82, 2.24) is 0 Å². The van der Waals surface area contributed by atoms with E-state index in [9.17, 15) is 10.1 Å². The van der Waals surface area contributed by atoms with Gasteiger partial charge in [0, 0.05) is 24.4 Å². The maximum absolute atomic E-state index is 13.1. The van der Waals surface area contributed by atoms with Crippen LogP contribution < -0.4 is 0 Å². The van der Waals surface area contributed by atoms with Crippen LogP contribution in [0.5, 0.6) is 0 Å². The zero-order chi connectivity index (χ0) is 22.2. The monoisotopic (exact) mass is 424 g/mol. The van der Waals surface area contributed by atoms with Crippen LogP contribution in [-0.2, 0) is 19.0 Å². The van der Waals surface area contributed by atoms with Gasteiger partial charge in [0.25, 0.3) is 0 Å². The second kappa shape index (κ2) is 11.2. The molecular formula is C25H32N2O4. The van der Waals surface area contributed by atoms with Crippen molar-refractivity contribution in [3.8, 4) is 6.07 Å². The summed E-state index contributed by atoms with van der Waals surface area (Å²) in [6, 6.07) is 9.60. The molecule has 0 bridgehead atoms. The van der Waals surface area contributed by atoms with Crippen LogP contribution in [0, 0.1) is 11.3 Å². The minimum Gasteiger partial charge on any atom is -0.460 e. The molecule has 1 heterocycles. The lowest BCUT2D eigenvalue weighted by Crippen LogP contribution is -2.39. The number of rotatable bonds is 7. The van der Waals surface area contributed by atoms with Gasteiger partial charge in [-0.05, 0) is 44.4 Å². The number of nitrogens with zero attached hydrogens (tertiary/aromatic N) is 2. The van der Waals surface area contributed by atoms with E-state index in [-0.39, 0.29) is 24.7 Å². The van der Waals surface area contributed by atoms with Crippen LogP contribution in [0.2, 0.25) is 0 Å². The predicted molar refractivity (Wildman–Crippen MR) is 119 cm³/mol. The summed E-state index contributed by atoms with van der Waals surface area (Å²) in [5, 5.41) is 9.42. The zero-order valence-electron chi connectivity index (χ0n) is 18.7. The van der Waals surface area contributed by atoms with Crippen LogP contribution in [0.3, 0.4) is 0 Å². The molecule has 2 aliphatic rings. The normalized spacial score (nSPS) is 22.5. The van der Waals surface area contributed by atoms with E-state index in [1.807, 2.05) is 32.0 Å². The number of esters is 1. The highest BCUT2D eigenvalue weighted by atomic mass is 16.6. The van der Waals surface area contributed by atoms with Gasteiger partial charge in [-0.15, -0.1) is 0 Å². The molecule has 0 aromatic heterocycles. The molecule has 2 atom stereocenters. The molecule has 1 fully saturated rings. The number of nitriles is 1. The first kappa shape index (κ1) is 23.2. The molecular weight excluding hydrogens is 392 g/mol. The molecule has 1 aromatic carbocycles.